The van der Waals surface area contributed by atoms with Gasteiger partial charge in [-0.1, -0.05) is 18.2 Å². The SMILES string of the molecule is N#C/C(=C/c1ccc(OCc2ccc(C(=O)O)cc2)c(Br)c1)c1nc2ccc(F)cc2[nH]1. The van der Waals surface area contributed by atoms with Crippen molar-refractivity contribution in [2.75, 3.05) is 0 Å². The molecule has 0 spiro atoms. The average Bonchev–Trinajstić information content (AvgIpc) is 3.20. The van der Waals surface area contributed by atoms with Crippen molar-refractivity contribution in [1.82, 2.24) is 9.97 Å². The van der Waals surface area contributed by atoms with E-state index in [0.717, 1.165) is 11.1 Å². The molecule has 0 aliphatic heterocycles. The number of carbonyl (C=O) groups is 1. The molecule has 0 amide bonds. The van der Waals surface area contributed by atoms with Gasteiger partial charge in [0.05, 0.1) is 26.6 Å². The van der Waals surface area contributed by atoms with Crippen molar-refractivity contribution in [2.24, 2.45) is 0 Å². The zero-order valence-corrected chi connectivity index (χ0v) is 18.1. The lowest BCUT2D eigenvalue weighted by Crippen LogP contribution is -1.99. The molecule has 6 nitrogen and oxygen atoms in total. The van der Waals surface area contributed by atoms with Gasteiger partial charge in [-0.15, -0.1) is 0 Å². The Kier molecular flexibility index (Phi) is 6.01. The predicted molar refractivity (Wildman–Crippen MR) is 121 cm³/mol. The van der Waals surface area contributed by atoms with Crippen LogP contribution in [0.4, 0.5) is 4.39 Å². The number of H-pyrrole nitrogens is 1. The van der Waals surface area contributed by atoms with Gasteiger partial charge in [0.15, 0.2) is 0 Å². The van der Waals surface area contributed by atoms with Gasteiger partial charge >= 0.3 is 5.97 Å². The van der Waals surface area contributed by atoms with E-state index in [1.165, 1.54) is 24.3 Å². The first-order valence-electron chi connectivity index (χ1n) is 9.45. The van der Waals surface area contributed by atoms with E-state index in [0.29, 0.717) is 32.7 Å². The van der Waals surface area contributed by atoms with Crippen LogP contribution in [0.5, 0.6) is 5.75 Å². The lowest BCUT2D eigenvalue weighted by molar-refractivity contribution is 0.0697. The molecule has 4 aromatic rings. The van der Waals surface area contributed by atoms with Crippen LogP contribution in [0.15, 0.2) is 65.1 Å². The van der Waals surface area contributed by atoms with E-state index >= 15 is 0 Å². The lowest BCUT2D eigenvalue weighted by atomic mass is 10.1. The van der Waals surface area contributed by atoms with Crippen LogP contribution in [-0.4, -0.2) is 21.0 Å². The minimum atomic E-state index is -0.976. The van der Waals surface area contributed by atoms with Gasteiger partial charge in [-0.2, -0.15) is 5.26 Å². The van der Waals surface area contributed by atoms with Gasteiger partial charge in [-0.25, -0.2) is 14.2 Å². The van der Waals surface area contributed by atoms with Crippen molar-refractivity contribution >= 4 is 44.6 Å². The van der Waals surface area contributed by atoms with Crippen molar-refractivity contribution in [3.8, 4) is 11.8 Å². The van der Waals surface area contributed by atoms with Crippen LogP contribution in [0.25, 0.3) is 22.7 Å². The first-order valence-corrected chi connectivity index (χ1v) is 10.2. The van der Waals surface area contributed by atoms with E-state index in [2.05, 4.69) is 32.0 Å². The molecular weight excluding hydrogens is 477 g/mol. The Morgan fingerprint density at radius 3 is 2.66 bits per heavy atom. The molecule has 1 aromatic heterocycles. The van der Waals surface area contributed by atoms with Crippen molar-refractivity contribution in [3.05, 3.63) is 93.5 Å². The number of hydrogen-bond donors (Lipinski definition) is 2. The Labute approximate surface area is 190 Å². The highest BCUT2D eigenvalue weighted by molar-refractivity contribution is 9.10. The molecule has 32 heavy (non-hydrogen) atoms. The summed E-state index contributed by atoms with van der Waals surface area (Å²) in [7, 11) is 0. The van der Waals surface area contributed by atoms with E-state index in [1.54, 1.807) is 36.4 Å². The molecule has 2 N–H and O–H groups in total. The van der Waals surface area contributed by atoms with Gasteiger partial charge in [0.1, 0.15) is 30.1 Å². The quantitative estimate of drug-likeness (QED) is 0.331. The Morgan fingerprint density at radius 2 is 1.97 bits per heavy atom. The number of rotatable bonds is 6. The van der Waals surface area contributed by atoms with Crippen LogP contribution in [0, 0.1) is 17.1 Å². The molecule has 0 radical (unpaired) electrons. The molecule has 8 heteroatoms. The number of aromatic nitrogens is 2. The fourth-order valence-corrected chi connectivity index (χ4v) is 3.57. The Hall–Kier alpha value is -3.96. The molecule has 158 valence electrons. The van der Waals surface area contributed by atoms with E-state index in [-0.39, 0.29) is 18.0 Å². The number of nitriles is 1. The topological polar surface area (TPSA) is 99.0 Å². The van der Waals surface area contributed by atoms with Gasteiger partial charge in [0.2, 0.25) is 0 Å². The third-order valence-corrected chi connectivity index (χ3v) is 5.30. The second-order valence-corrected chi connectivity index (χ2v) is 7.75. The van der Waals surface area contributed by atoms with E-state index in [9.17, 15) is 14.4 Å². The first kappa shape index (κ1) is 21.3. The van der Waals surface area contributed by atoms with Crippen LogP contribution in [0.2, 0.25) is 0 Å². The van der Waals surface area contributed by atoms with Gasteiger partial charge in [0, 0.05) is 0 Å². The average molecular weight is 492 g/mol. The zero-order valence-electron chi connectivity index (χ0n) is 16.5. The highest BCUT2D eigenvalue weighted by Gasteiger charge is 2.10. The molecule has 0 saturated heterocycles. The van der Waals surface area contributed by atoms with Crippen molar-refractivity contribution < 1.29 is 19.0 Å². The van der Waals surface area contributed by atoms with E-state index in [4.69, 9.17) is 9.84 Å². The lowest BCUT2D eigenvalue weighted by Gasteiger charge is -2.09. The zero-order chi connectivity index (χ0) is 22.7. The molecule has 3 aromatic carbocycles. The second kappa shape index (κ2) is 9.04. The van der Waals surface area contributed by atoms with Crippen LogP contribution in [0.1, 0.15) is 27.3 Å². The fraction of sp³-hybridized carbons (Fsp3) is 0.0417. The molecule has 1 heterocycles. The van der Waals surface area contributed by atoms with Crippen molar-refractivity contribution in [1.29, 1.82) is 5.26 Å². The number of ether oxygens (including phenoxy) is 1. The molecule has 0 bridgehead atoms. The fourth-order valence-electron chi connectivity index (χ4n) is 3.06. The van der Waals surface area contributed by atoms with E-state index < -0.39 is 5.97 Å². The number of halogens is 2. The first-order chi connectivity index (χ1) is 15.4. The van der Waals surface area contributed by atoms with Gasteiger partial charge in [-0.3, -0.25) is 0 Å². The number of carboxylic acid groups (broad SMARTS) is 1. The number of nitrogens with zero attached hydrogens (tertiary/aromatic N) is 2. The van der Waals surface area contributed by atoms with Crippen molar-refractivity contribution in [3.63, 3.8) is 0 Å². The number of aromatic amines is 1. The Balaban J connectivity index is 1.51. The number of hydrogen-bond acceptors (Lipinski definition) is 4. The molecule has 0 unspecified atom stereocenters. The summed E-state index contributed by atoms with van der Waals surface area (Å²) in [4.78, 5) is 18.3. The van der Waals surface area contributed by atoms with Crippen LogP contribution in [0.3, 0.4) is 0 Å². The number of nitrogens with one attached hydrogen (secondary N) is 1. The van der Waals surface area contributed by atoms with Crippen molar-refractivity contribution in [2.45, 2.75) is 6.61 Å². The molecular formula is C24H15BrFN3O3. The summed E-state index contributed by atoms with van der Waals surface area (Å²) in [5, 5.41) is 18.5. The third-order valence-electron chi connectivity index (χ3n) is 4.68. The standard InChI is InChI=1S/C24H15BrFN3O3/c25-19-10-15(3-8-22(19)32-13-14-1-4-16(5-2-14)24(30)31)9-17(12-27)23-28-20-7-6-18(26)11-21(20)29-23/h1-11H,13H2,(H,28,29)(H,30,31)/b17-9-. The largest absolute Gasteiger partial charge is 0.488 e. The number of aromatic carboxylic acids is 1. The maximum Gasteiger partial charge on any atom is 0.335 e. The molecule has 0 atom stereocenters. The van der Waals surface area contributed by atoms with Crippen LogP contribution < -0.4 is 4.74 Å². The van der Waals surface area contributed by atoms with E-state index in [1.807, 2.05) is 6.07 Å². The molecule has 4 rings (SSSR count). The number of fused-ring (bicyclic) bond motifs is 1. The Bertz CT molecular complexity index is 1390. The molecule has 0 aliphatic carbocycles. The molecule has 0 aliphatic rings. The normalized spacial score (nSPS) is 11.3. The smallest absolute Gasteiger partial charge is 0.335 e. The van der Waals surface area contributed by atoms with Gasteiger partial charge < -0.3 is 14.8 Å². The summed E-state index contributed by atoms with van der Waals surface area (Å²) in [5.41, 5.74) is 3.19. The highest BCUT2D eigenvalue weighted by Crippen LogP contribution is 2.29. The van der Waals surface area contributed by atoms with Crippen LogP contribution in [-0.2, 0) is 6.61 Å². The molecule has 0 saturated carbocycles. The monoisotopic (exact) mass is 491 g/mol. The maximum atomic E-state index is 13.4. The number of imidazole rings is 1. The summed E-state index contributed by atoms with van der Waals surface area (Å²) >= 11 is 3.48. The highest BCUT2D eigenvalue weighted by atomic mass is 79.9. The molecule has 0 fully saturated rings. The number of carboxylic acids is 1. The minimum Gasteiger partial charge on any atom is -0.488 e. The summed E-state index contributed by atoms with van der Waals surface area (Å²) in [6.45, 7) is 0.271. The predicted octanol–water partition coefficient (Wildman–Crippen LogP) is 5.81. The summed E-state index contributed by atoms with van der Waals surface area (Å²) < 4.78 is 19.9. The third kappa shape index (κ3) is 4.68. The maximum absolute atomic E-state index is 13.4. The summed E-state index contributed by atoms with van der Waals surface area (Å²) in [6.07, 6.45) is 1.67. The number of benzene rings is 3. The summed E-state index contributed by atoms with van der Waals surface area (Å²) in [5.74, 6) is -0.403. The van der Waals surface area contributed by atoms with Gasteiger partial charge in [0.25, 0.3) is 0 Å². The number of allylic oxidation sites excluding steroid dienone is 1. The Morgan fingerprint density at radius 1 is 1.19 bits per heavy atom. The second-order valence-electron chi connectivity index (χ2n) is 6.90. The van der Waals surface area contributed by atoms with Gasteiger partial charge in [-0.05, 0) is 75.6 Å². The minimum absolute atomic E-state index is 0.217. The van der Waals surface area contributed by atoms with Crippen LogP contribution >= 0.6 is 15.9 Å². The summed E-state index contributed by atoms with van der Waals surface area (Å²) in [6, 6.07) is 18.2.